The molecule has 3 atom stereocenters. The Bertz CT molecular complexity index is 364. The lowest BCUT2D eigenvalue weighted by Gasteiger charge is -2.29. The molecule has 1 rings (SSSR count). The van der Waals surface area contributed by atoms with Gasteiger partial charge in [-0.25, -0.2) is 0 Å². The molecule has 0 aliphatic heterocycles. The highest BCUT2D eigenvalue weighted by molar-refractivity contribution is 5.82. The zero-order valence-corrected chi connectivity index (χ0v) is 15.3. The first-order valence-electron chi connectivity index (χ1n) is 9.36. The zero-order valence-electron chi connectivity index (χ0n) is 15.3. The molecule has 23 heavy (non-hydrogen) atoms. The molecule has 0 aromatic heterocycles. The first-order chi connectivity index (χ1) is 11.0. The van der Waals surface area contributed by atoms with Gasteiger partial charge in [0.25, 0.3) is 0 Å². The summed E-state index contributed by atoms with van der Waals surface area (Å²) in [5.41, 5.74) is 0. The third kappa shape index (κ3) is 6.92. The molecule has 0 spiro atoms. The van der Waals surface area contributed by atoms with Crippen LogP contribution in [0.25, 0.3) is 0 Å². The van der Waals surface area contributed by atoms with Crippen LogP contribution in [0.2, 0.25) is 0 Å². The van der Waals surface area contributed by atoms with E-state index < -0.39 is 0 Å². The maximum Gasteiger partial charge on any atom is 0.310 e. The molecule has 134 valence electrons. The van der Waals surface area contributed by atoms with Crippen molar-refractivity contribution in [1.29, 1.82) is 0 Å². The lowest BCUT2D eigenvalue weighted by atomic mass is 9.79. The van der Waals surface area contributed by atoms with E-state index in [0.29, 0.717) is 12.5 Å². The van der Waals surface area contributed by atoms with E-state index in [1.165, 1.54) is 6.42 Å². The fraction of sp³-hybridized carbons (Fsp3) is 0.895. The fourth-order valence-electron chi connectivity index (χ4n) is 3.22. The zero-order chi connectivity index (χ0) is 17.2. The Hall–Kier alpha value is -1.06. The molecule has 4 heteroatoms. The predicted octanol–water partition coefficient (Wildman–Crippen LogP) is 4.50. The van der Waals surface area contributed by atoms with Crippen LogP contribution in [0.3, 0.4) is 0 Å². The molecule has 0 bridgehead atoms. The van der Waals surface area contributed by atoms with Crippen molar-refractivity contribution in [3.05, 3.63) is 0 Å². The summed E-state index contributed by atoms with van der Waals surface area (Å²) in [4.78, 5) is 24.7. The molecule has 0 aromatic carbocycles. The molecule has 0 aromatic rings. The number of hydrogen-bond donors (Lipinski definition) is 0. The minimum atomic E-state index is -0.325. The molecule has 1 aliphatic rings. The third-order valence-corrected chi connectivity index (χ3v) is 4.73. The summed E-state index contributed by atoms with van der Waals surface area (Å²) in [6.07, 6.45) is 7.76. The highest BCUT2D eigenvalue weighted by Gasteiger charge is 2.38. The van der Waals surface area contributed by atoms with Crippen molar-refractivity contribution >= 4 is 11.9 Å². The van der Waals surface area contributed by atoms with Gasteiger partial charge in [0.05, 0.1) is 24.5 Å². The summed E-state index contributed by atoms with van der Waals surface area (Å²) in [6.45, 7) is 8.47. The Morgan fingerprint density at radius 2 is 1.65 bits per heavy atom. The Morgan fingerprint density at radius 1 is 1.04 bits per heavy atom. The second kappa shape index (κ2) is 10.7. The van der Waals surface area contributed by atoms with E-state index in [1.54, 1.807) is 0 Å². The van der Waals surface area contributed by atoms with Crippen LogP contribution in [0, 0.1) is 17.8 Å². The van der Waals surface area contributed by atoms with Crippen molar-refractivity contribution in [2.45, 2.75) is 85.2 Å². The van der Waals surface area contributed by atoms with Gasteiger partial charge in [-0.3, -0.25) is 9.59 Å². The van der Waals surface area contributed by atoms with Crippen molar-refractivity contribution in [2.24, 2.45) is 17.8 Å². The minimum absolute atomic E-state index is 0.139. The van der Waals surface area contributed by atoms with Crippen molar-refractivity contribution in [3.63, 3.8) is 0 Å². The molecule has 1 aliphatic carbocycles. The normalized spacial score (nSPS) is 22.7. The average Bonchev–Trinajstić information content (AvgIpc) is 2.54. The van der Waals surface area contributed by atoms with Gasteiger partial charge in [-0.1, -0.05) is 46.0 Å². The number of carbonyl (C=O) groups excluding carboxylic acids is 2. The fourth-order valence-corrected chi connectivity index (χ4v) is 3.22. The molecule has 0 radical (unpaired) electrons. The minimum Gasteiger partial charge on any atom is -0.465 e. The first kappa shape index (κ1) is 20.0. The molecule has 0 saturated heterocycles. The molecule has 3 unspecified atom stereocenters. The number of carbonyl (C=O) groups is 2. The number of ether oxygens (including phenoxy) is 2. The molecule has 4 nitrogen and oxygen atoms in total. The van der Waals surface area contributed by atoms with Gasteiger partial charge in [-0.15, -0.1) is 0 Å². The van der Waals surface area contributed by atoms with E-state index >= 15 is 0 Å². The first-order valence-corrected chi connectivity index (χ1v) is 9.36. The summed E-state index contributed by atoms with van der Waals surface area (Å²) in [5.74, 6) is -0.651. The summed E-state index contributed by atoms with van der Waals surface area (Å²) in [6, 6.07) is 0. The lowest BCUT2D eigenvalue weighted by molar-refractivity contribution is -0.165. The summed E-state index contributed by atoms with van der Waals surface area (Å²) < 4.78 is 10.9. The van der Waals surface area contributed by atoms with Crippen LogP contribution in [0.1, 0.15) is 79.1 Å². The highest BCUT2D eigenvalue weighted by Crippen LogP contribution is 2.32. The van der Waals surface area contributed by atoms with E-state index in [1.807, 2.05) is 13.8 Å². The molecule has 0 heterocycles. The highest BCUT2D eigenvalue weighted by atomic mass is 16.5. The van der Waals surface area contributed by atoms with Crippen LogP contribution in [-0.4, -0.2) is 24.6 Å². The van der Waals surface area contributed by atoms with E-state index in [-0.39, 0.29) is 29.9 Å². The Labute approximate surface area is 141 Å². The van der Waals surface area contributed by atoms with E-state index in [4.69, 9.17) is 9.47 Å². The Morgan fingerprint density at radius 3 is 2.17 bits per heavy atom. The van der Waals surface area contributed by atoms with Crippen LogP contribution in [0.5, 0.6) is 0 Å². The number of unbranched alkanes of at least 4 members (excludes halogenated alkanes) is 1. The average molecular weight is 326 g/mol. The van der Waals surface area contributed by atoms with E-state index in [9.17, 15) is 9.59 Å². The Balaban J connectivity index is 2.55. The van der Waals surface area contributed by atoms with Crippen molar-refractivity contribution in [3.8, 4) is 0 Å². The maximum atomic E-state index is 12.5. The third-order valence-electron chi connectivity index (χ3n) is 4.73. The summed E-state index contributed by atoms with van der Waals surface area (Å²) >= 11 is 0. The lowest BCUT2D eigenvalue weighted by Crippen LogP contribution is -2.36. The second-order valence-corrected chi connectivity index (χ2v) is 7.03. The van der Waals surface area contributed by atoms with Gasteiger partial charge in [0, 0.05) is 0 Å². The quantitative estimate of drug-likeness (QED) is 0.585. The van der Waals surface area contributed by atoms with Crippen molar-refractivity contribution in [1.82, 2.24) is 0 Å². The largest absolute Gasteiger partial charge is 0.465 e. The van der Waals surface area contributed by atoms with Gasteiger partial charge in [0.15, 0.2) is 0 Å². The second-order valence-electron chi connectivity index (χ2n) is 7.03. The molecule has 1 fully saturated rings. The van der Waals surface area contributed by atoms with Gasteiger partial charge >= 0.3 is 11.9 Å². The topological polar surface area (TPSA) is 52.6 Å². The molecular weight excluding hydrogens is 292 g/mol. The Kier molecular flexibility index (Phi) is 9.27. The monoisotopic (exact) mass is 326 g/mol. The molecular formula is C19H34O4. The van der Waals surface area contributed by atoms with Crippen LogP contribution >= 0.6 is 0 Å². The standard InChI is InChI=1S/C19H34O4/c1-5-7-10-15(6-2)13-22-18(20)16-11-8-9-12-17(16)19(21)23-14(3)4/h14-17H,5-13H2,1-4H3. The molecule has 0 N–H and O–H groups in total. The summed E-state index contributed by atoms with van der Waals surface area (Å²) in [7, 11) is 0. The van der Waals surface area contributed by atoms with Crippen LogP contribution in [-0.2, 0) is 19.1 Å². The van der Waals surface area contributed by atoms with Gasteiger partial charge in [0.1, 0.15) is 0 Å². The van der Waals surface area contributed by atoms with Crippen LogP contribution in [0.4, 0.5) is 0 Å². The van der Waals surface area contributed by atoms with E-state index in [0.717, 1.165) is 44.9 Å². The molecule has 1 saturated carbocycles. The smallest absolute Gasteiger partial charge is 0.310 e. The number of rotatable bonds is 9. The summed E-state index contributed by atoms with van der Waals surface area (Å²) in [5, 5.41) is 0. The maximum absolute atomic E-state index is 12.5. The predicted molar refractivity (Wildman–Crippen MR) is 90.9 cm³/mol. The van der Waals surface area contributed by atoms with Crippen molar-refractivity contribution < 1.29 is 19.1 Å². The molecule has 0 amide bonds. The van der Waals surface area contributed by atoms with Crippen LogP contribution < -0.4 is 0 Å². The van der Waals surface area contributed by atoms with Crippen molar-refractivity contribution in [2.75, 3.05) is 6.61 Å². The SMILES string of the molecule is CCCCC(CC)COC(=O)C1CCCCC1C(=O)OC(C)C. The van der Waals surface area contributed by atoms with E-state index in [2.05, 4.69) is 13.8 Å². The van der Waals surface area contributed by atoms with Crippen LogP contribution in [0.15, 0.2) is 0 Å². The van der Waals surface area contributed by atoms with Gasteiger partial charge in [-0.05, 0) is 39.0 Å². The van der Waals surface area contributed by atoms with Gasteiger partial charge in [-0.2, -0.15) is 0 Å². The number of hydrogen-bond acceptors (Lipinski definition) is 4. The number of esters is 2. The van der Waals surface area contributed by atoms with Gasteiger partial charge in [0.2, 0.25) is 0 Å². The van der Waals surface area contributed by atoms with Gasteiger partial charge < -0.3 is 9.47 Å².